The molecule has 2 unspecified atom stereocenters. The zero-order chi connectivity index (χ0) is 23.0. The number of hydrogen-bond donors (Lipinski definition) is 1. The van der Waals surface area contributed by atoms with Gasteiger partial charge in [0.05, 0.1) is 0 Å². The molecule has 1 saturated heterocycles. The van der Waals surface area contributed by atoms with Crippen LogP contribution >= 0.6 is 0 Å². The van der Waals surface area contributed by atoms with Gasteiger partial charge in [0.1, 0.15) is 23.7 Å². The minimum atomic E-state index is -3.59. The second kappa shape index (κ2) is 8.87. The quantitative estimate of drug-likeness (QED) is 0.577. The van der Waals surface area contributed by atoms with Crippen LogP contribution in [0.2, 0.25) is 0 Å². The molecule has 1 saturated carbocycles. The number of hydrogen-bond acceptors (Lipinski definition) is 5. The van der Waals surface area contributed by atoms with E-state index in [1.807, 2.05) is 41.0 Å². The van der Waals surface area contributed by atoms with Crippen LogP contribution in [-0.2, 0) is 10.0 Å². The number of benzene rings is 2. The molecule has 0 bridgehead atoms. The van der Waals surface area contributed by atoms with Crippen LogP contribution in [0.5, 0.6) is 0 Å². The van der Waals surface area contributed by atoms with Crippen molar-refractivity contribution < 1.29 is 12.8 Å². The zero-order valence-corrected chi connectivity index (χ0v) is 19.3. The minimum absolute atomic E-state index is 0.258. The monoisotopic (exact) mass is 469 g/mol. The van der Waals surface area contributed by atoms with Crippen molar-refractivity contribution in [2.45, 2.75) is 56.0 Å². The summed E-state index contributed by atoms with van der Waals surface area (Å²) in [6.45, 7) is 2.17. The Balaban J connectivity index is 1.28. The Morgan fingerprint density at radius 3 is 2.52 bits per heavy atom. The van der Waals surface area contributed by atoms with E-state index >= 15 is 4.39 Å². The lowest BCUT2D eigenvalue weighted by Crippen LogP contribution is -2.41. The first-order chi connectivity index (χ1) is 15.9. The molecule has 1 aromatic heterocycles. The third-order valence-corrected chi connectivity index (χ3v) is 9.31. The van der Waals surface area contributed by atoms with Gasteiger partial charge in [-0.05, 0) is 50.3 Å². The van der Waals surface area contributed by atoms with Gasteiger partial charge in [-0.2, -0.15) is 4.31 Å². The lowest BCUT2D eigenvalue weighted by Gasteiger charge is -2.37. The maximum Gasteiger partial charge on any atom is 0.221 e. The Bertz CT molecular complexity index is 1200. The number of nitrogens with one attached hydrogen (secondary N) is 1. The molecule has 2 aliphatic rings. The van der Waals surface area contributed by atoms with Gasteiger partial charge >= 0.3 is 0 Å². The summed E-state index contributed by atoms with van der Waals surface area (Å²) < 4.78 is 45.4. The van der Waals surface area contributed by atoms with Crippen molar-refractivity contribution in [2.75, 3.05) is 11.9 Å². The summed E-state index contributed by atoms with van der Waals surface area (Å²) in [6, 6.07) is 14.4. The molecule has 3 aromatic rings. The number of anilines is 1. The van der Waals surface area contributed by atoms with E-state index in [1.54, 1.807) is 25.6 Å². The summed E-state index contributed by atoms with van der Waals surface area (Å²) in [5.74, 6) is -0.390. The smallest absolute Gasteiger partial charge is 0.221 e. The summed E-state index contributed by atoms with van der Waals surface area (Å²) in [6.07, 6.45) is 6.61. The fourth-order valence-corrected chi connectivity index (χ4v) is 7.22. The molecule has 9 heteroatoms. The van der Waals surface area contributed by atoms with E-state index in [9.17, 15) is 8.42 Å². The van der Waals surface area contributed by atoms with Gasteiger partial charge in [0.15, 0.2) is 0 Å². The third-order valence-electron chi connectivity index (χ3n) is 6.93. The molecule has 2 atom stereocenters. The van der Waals surface area contributed by atoms with Crippen molar-refractivity contribution in [3.05, 3.63) is 78.1 Å². The molecular formula is C24H28FN5O2S. The second-order valence-electron chi connectivity index (χ2n) is 8.99. The summed E-state index contributed by atoms with van der Waals surface area (Å²) in [7, 11) is -3.59. The first-order valence-electron chi connectivity index (χ1n) is 11.4. The van der Waals surface area contributed by atoms with Crippen LogP contribution in [-0.4, -0.2) is 40.1 Å². The van der Waals surface area contributed by atoms with E-state index in [0.29, 0.717) is 30.3 Å². The van der Waals surface area contributed by atoms with Gasteiger partial charge in [0, 0.05) is 35.9 Å². The molecule has 0 spiro atoms. The van der Waals surface area contributed by atoms with E-state index in [-0.39, 0.29) is 11.9 Å². The summed E-state index contributed by atoms with van der Waals surface area (Å²) >= 11 is 0. The maximum atomic E-state index is 15.1. The van der Waals surface area contributed by atoms with Crippen molar-refractivity contribution in [2.24, 2.45) is 0 Å². The molecule has 2 aromatic carbocycles. The van der Waals surface area contributed by atoms with Crippen molar-refractivity contribution in [1.29, 1.82) is 0 Å². The fourth-order valence-electron chi connectivity index (χ4n) is 4.99. The van der Waals surface area contributed by atoms with E-state index in [2.05, 4.69) is 15.5 Å². The van der Waals surface area contributed by atoms with E-state index in [0.717, 1.165) is 24.8 Å². The Hall–Kier alpha value is -2.78. The van der Waals surface area contributed by atoms with E-state index < -0.39 is 21.3 Å². The van der Waals surface area contributed by atoms with Gasteiger partial charge in [-0.25, -0.2) is 12.8 Å². The van der Waals surface area contributed by atoms with Crippen molar-refractivity contribution in [1.82, 2.24) is 19.1 Å². The molecule has 0 amide bonds. The van der Waals surface area contributed by atoms with Crippen LogP contribution in [0.4, 0.5) is 10.1 Å². The highest BCUT2D eigenvalue weighted by Gasteiger charge is 2.40. The molecule has 1 aliphatic carbocycles. The number of halogens is 1. The highest BCUT2D eigenvalue weighted by molar-refractivity contribution is 7.89. The Kier molecular flexibility index (Phi) is 5.92. The highest BCUT2D eigenvalue weighted by Crippen LogP contribution is 2.40. The van der Waals surface area contributed by atoms with Crippen LogP contribution in [0.1, 0.15) is 61.1 Å². The van der Waals surface area contributed by atoms with Gasteiger partial charge in [-0.15, -0.1) is 10.2 Å². The summed E-state index contributed by atoms with van der Waals surface area (Å²) in [5, 5.41) is 10.5. The lowest BCUT2D eigenvalue weighted by atomic mass is 9.86. The Morgan fingerprint density at radius 1 is 1.09 bits per heavy atom. The van der Waals surface area contributed by atoms with E-state index in [1.165, 1.54) is 10.4 Å². The molecule has 7 nitrogen and oxygen atoms in total. The predicted molar refractivity (Wildman–Crippen MR) is 125 cm³/mol. The third kappa shape index (κ3) is 4.27. The standard InChI is InChI=1S/C24H28FN5O2S/c1-17(30-11-5-8-24(33(30,31)32)18-6-3-2-4-7-18)22-10-9-19(14-23(22)25)28-20-12-21(13-20)29-15-26-27-16-29/h2-4,6-7,9-10,14-17,20-21,24,28H,5,8,11-13H2,1H3. The fraction of sp³-hybridized carbons (Fsp3) is 0.417. The number of rotatable bonds is 6. The van der Waals surface area contributed by atoms with Crippen molar-refractivity contribution in [3.63, 3.8) is 0 Å². The highest BCUT2D eigenvalue weighted by atomic mass is 32.2. The summed E-state index contributed by atoms with van der Waals surface area (Å²) in [5.41, 5.74) is 1.90. The average molecular weight is 470 g/mol. The first-order valence-corrected chi connectivity index (χ1v) is 12.9. The van der Waals surface area contributed by atoms with Gasteiger partial charge < -0.3 is 9.88 Å². The van der Waals surface area contributed by atoms with Crippen molar-refractivity contribution in [3.8, 4) is 0 Å². The Labute approximate surface area is 193 Å². The number of sulfonamides is 1. The predicted octanol–water partition coefficient (Wildman–Crippen LogP) is 4.46. The Morgan fingerprint density at radius 2 is 1.82 bits per heavy atom. The first kappa shape index (κ1) is 22.0. The number of nitrogens with zero attached hydrogens (tertiary/aromatic N) is 4. The molecule has 2 heterocycles. The molecule has 2 fully saturated rings. The van der Waals surface area contributed by atoms with Crippen LogP contribution in [0.25, 0.3) is 0 Å². The normalized spacial score (nSPS) is 25.8. The minimum Gasteiger partial charge on any atom is -0.382 e. The van der Waals surface area contributed by atoms with Crippen LogP contribution in [0, 0.1) is 5.82 Å². The lowest BCUT2D eigenvalue weighted by molar-refractivity contribution is 0.282. The largest absolute Gasteiger partial charge is 0.382 e. The van der Waals surface area contributed by atoms with Crippen LogP contribution in [0.15, 0.2) is 61.2 Å². The molecule has 1 N–H and O–H groups in total. The van der Waals surface area contributed by atoms with Gasteiger partial charge in [-0.3, -0.25) is 0 Å². The van der Waals surface area contributed by atoms with Gasteiger partial charge in [0.25, 0.3) is 0 Å². The SMILES string of the molecule is CC(c1ccc(NC2CC(n3cnnc3)C2)cc1F)N1CCCC(c2ccccc2)S1(=O)=O. The molecule has 5 rings (SSSR count). The van der Waals surface area contributed by atoms with Gasteiger partial charge in [0.2, 0.25) is 10.0 Å². The average Bonchev–Trinajstić information content (AvgIpc) is 3.30. The molecule has 1 aliphatic heterocycles. The molecule has 33 heavy (non-hydrogen) atoms. The molecule has 0 radical (unpaired) electrons. The number of aromatic nitrogens is 3. The molecule has 174 valence electrons. The maximum absolute atomic E-state index is 15.1. The van der Waals surface area contributed by atoms with Crippen LogP contribution in [0.3, 0.4) is 0 Å². The van der Waals surface area contributed by atoms with E-state index in [4.69, 9.17) is 0 Å². The summed E-state index contributed by atoms with van der Waals surface area (Å²) in [4.78, 5) is 0. The van der Waals surface area contributed by atoms with Gasteiger partial charge in [-0.1, -0.05) is 36.4 Å². The topological polar surface area (TPSA) is 80.1 Å². The van der Waals surface area contributed by atoms with Crippen molar-refractivity contribution >= 4 is 15.7 Å². The van der Waals surface area contributed by atoms with Crippen LogP contribution < -0.4 is 5.32 Å². The second-order valence-corrected chi connectivity index (χ2v) is 11.1. The molecular weight excluding hydrogens is 441 g/mol. The zero-order valence-electron chi connectivity index (χ0n) is 18.5.